The molecule has 0 saturated carbocycles. The molecule has 5 heteroatoms. The molecule has 26 heavy (non-hydrogen) atoms. The zero-order valence-corrected chi connectivity index (χ0v) is 14.2. The van der Waals surface area contributed by atoms with Gasteiger partial charge < -0.3 is 15.6 Å². The number of aromatic nitrogens is 1. The number of anilines is 1. The summed E-state index contributed by atoms with van der Waals surface area (Å²) in [6, 6.07) is 16.3. The summed E-state index contributed by atoms with van der Waals surface area (Å²) in [6.45, 7) is 0. The smallest absolute Gasteiger partial charge is 0.335 e. The van der Waals surface area contributed by atoms with Crippen LogP contribution in [0.15, 0.2) is 60.8 Å². The van der Waals surface area contributed by atoms with Crippen molar-refractivity contribution in [2.75, 3.05) is 12.8 Å². The van der Waals surface area contributed by atoms with Gasteiger partial charge in [0.25, 0.3) is 0 Å². The topological polar surface area (TPSA) is 85.4 Å². The van der Waals surface area contributed by atoms with Gasteiger partial charge >= 0.3 is 5.97 Å². The predicted molar refractivity (Wildman–Crippen MR) is 103 cm³/mol. The highest BCUT2D eigenvalue weighted by molar-refractivity contribution is 5.89. The van der Waals surface area contributed by atoms with Crippen molar-refractivity contribution < 1.29 is 14.6 Å². The summed E-state index contributed by atoms with van der Waals surface area (Å²) in [5.41, 5.74) is 9.85. The van der Waals surface area contributed by atoms with Crippen LogP contribution in [-0.4, -0.2) is 23.2 Å². The maximum atomic E-state index is 11.2. The molecule has 0 fully saturated rings. The van der Waals surface area contributed by atoms with Crippen LogP contribution in [0.1, 0.15) is 21.5 Å². The van der Waals surface area contributed by atoms with E-state index in [-0.39, 0.29) is 5.56 Å². The van der Waals surface area contributed by atoms with Crippen LogP contribution < -0.4 is 10.5 Å². The summed E-state index contributed by atoms with van der Waals surface area (Å²) in [6.07, 6.45) is 5.43. The highest BCUT2D eigenvalue weighted by atomic mass is 16.5. The molecule has 2 aromatic carbocycles. The van der Waals surface area contributed by atoms with Crippen molar-refractivity contribution in [3.8, 4) is 17.0 Å². The molecule has 3 rings (SSSR count). The van der Waals surface area contributed by atoms with Gasteiger partial charge in [-0.05, 0) is 47.5 Å². The van der Waals surface area contributed by atoms with E-state index < -0.39 is 5.97 Å². The lowest BCUT2D eigenvalue weighted by molar-refractivity contribution is 0.0697. The molecule has 0 bridgehead atoms. The van der Waals surface area contributed by atoms with Crippen LogP contribution in [0, 0.1) is 0 Å². The van der Waals surface area contributed by atoms with E-state index in [1.807, 2.05) is 54.6 Å². The Bertz CT molecular complexity index is 963. The summed E-state index contributed by atoms with van der Waals surface area (Å²) in [7, 11) is 1.57. The molecule has 3 N–H and O–H groups in total. The van der Waals surface area contributed by atoms with Crippen molar-refractivity contribution in [1.29, 1.82) is 0 Å². The largest absolute Gasteiger partial charge is 0.496 e. The molecule has 0 aliphatic heterocycles. The number of hydrogen-bond acceptors (Lipinski definition) is 4. The van der Waals surface area contributed by atoms with Gasteiger partial charge in [-0.25, -0.2) is 4.79 Å². The summed E-state index contributed by atoms with van der Waals surface area (Å²) >= 11 is 0. The van der Waals surface area contributed by atoms with Crippen LogP contribution in [0.25, 0.3) is 23.4 Å². The third-order valence-corrected chi connectivity index (χ3v) is 3.91. The molecule has 3 aromatic rings. The van der Waals surface area contributed by atoms with Crippen LogP contribution >= 0.6 is 0 Å². The number of methoxy groups -OCH3 is 1. The Morgan fingerprint density at radius 2 is 1.73 bits per heavy atom. The van der Waals surface area contributed by atoms with Crippen molar-refractivity contribution in [1.82, 2.24) is 4.98 Å². The molecule has 0 aliphatic rings. The molecular formula is C21H18N2O3. The number of benzene rings is 2. The van der Waals surface area contributed by atoms with E-state index in [2.05, 4.69) is 4.98 Å². The van der Waals surface area contributed by atoms with Crippen LogP contribution in [0.3, 0.4) is 0 Å². The molecule has 1 heterocycles. The number of nitrogens with two attached hydrogens (primary N) is 1. The second kappa shape index (κ2) is 7.53. The second-order valence-electron chi connectivity index (χ2n) is 5.69. The van der Waals surface area contributed by atoms with Gasteiger partial charge in [0, 0.05) is 17.4 Å². The van der Waals surface area contributed by atoms with Crippen molar-refractivity contribution >= 4 is 23.8 Å². The monoisotopic (exact) mass is 346 g/mol. The average Bonchev–Trinajstić information content (AvgIpc) is 2.67. The van der Waals surface area contributed by atoms with Gasteiger partial charge in [0.05, 0.1) is 18.4 Å². The van der Waals surface area contributed by atoms with Crippen LogP contribution in [0.4, 0.5) is 5.69 Å². The van der Waals surface area contributed by atoms with Crippen molar-refractivity contribution in [3.63, 3.8) is 0 Å². The first-order valence-electron chi connectivity index (χ1n) is 7.98. The minimum atomic E-state index is -0.994. The standard InChI is InChI=1S/C21H18N2O3/c1-26-20-9-6-15(3-2-14-4-7-17(22)8-5-14)12-18(20)19-13-16(21(24)25)10-11-23-19/h2-13H,22H2,1H3,(H,24,25). The maximum absolute atomic E-state index is 11.2. The number of carbonyl (C=O) groups is 1. The third kappa shape index (κ3) is 3.89. The number of nitrogens with zero attached hydrogens (tertiary/aromatic N) is 1. The first-order valence-corrected chi connectivity index (χ1v) is 7.98. The fraction of sp³-hybridized carbons (Fsp3) is 0.0476. The molecule has 1 aromatic heterocycles. The molecular weight excluding hydrogens is 328 g/mol. The zero-order valence-electron chi connectivity index (χ0n) is 14.2. The number of ether oxygens (including phenoxy) is 1. The Morgan fingerprint density at radius 3 is 2.42 bits per heavy atom. The Balaban J connectivity index is 1.97. The molecule has 0 unspecified atom stereocenters. The number of hydrogen-bond donors (Lipinski definition) is 2. The fourth-order valence-corrected chi connectivity index (χ4v) is 2.54. The molecule has 0 saturated heterocycles. The fourth-order valence-electron chi connectivity index (χ4n) is 2.54. The van der Waals surface area contributed by atoms with Crippen molar-refractivity contribution in [2.45, 2.75) is 0 Å². The highest BCUT2D eigenvalue weighted by Crippen LogP contribution is 2.30. The molecule has 0 spiro atoms. The third-order valence-electron chi connectivity index (χ3n) is 3.91. The lowest BCUT2D eigenvalue weighted by Crippen LogP contribution is -1.98. The lowest BCUT2D eigenvalue weighted by Gasteiger charge is -2.09. The molecule has 0 radical (unpaired) electrons. The molecule has 130 valence electrons. The van der Waals surface area contributed by atoms with Crippen molar-refractivity contribution in [3.05, 3.63) is 77.5 Å². The summed E-state index contributed by atoms with van der Waals surface area (Å²) in [4.78, 5) is 15.5. The molecule has 0 atom stereocenters. The minimum absolute atomic E-state index is 0.180. The number of pyridine rings is 1. The Morgan fingerprint density at radius 1 is 1.04 bits per heavy atom. The highest BCUT2D eigenvalue weighted by Gasteiger charge is 2.11. The van der Waals surface area contributed by atoms with Crippen molar-refractivity contribution in [2.24, 2.45) is 0 Å². The minimum Gasteiger partial charge on any atom is -0.496 e. The van der Waals surface area contributed by atoms with Gasteiger partial charge in [0.15, 0.2) is 0 Å². The van der Waals surface area contributed by atoms with Gasteiger partial charge in [-0.15, -0.1) is 0 Å². The van der Waals surface area contributed by atoms with E-state index in [1.54, 1.807) is 7.11 Å². The van der Waals surface area contributed by atoms with Gasteiger partial charge in [0.1, 0.15) is 5.75 Å². The number of aromatic carboxylic acids is 1. The molecule has 5 nitrogen and oxygen atoms in total. The lowest BCUT2D eigenvalue weighted by atomic mass is 10.0. The first kappa shape index (κ1) is 17.2. The number of carboxylic acid groups (broad SMARTS) is 1. The van der Waals surface area contributed by atoms with E-state index in [0.717, 1.165) is 22.4 Å². The van der Waals surface area contributed by atoms with Crippen LogP contribution in [0.5, 0.6) is 5.75 Å². The quantitative estimate of drug-likeness (QED) is 0.534. The van der Waals surface area contributed by atoms with Gasteiger partial charge in [-0.2, -0.15) is 0 Å². The van der Waals surface area contributed by atoms with Crippen LogP contribution in [-0.2, 0) is 0 Å². The first-order chi connectivity index (χ1) is 12.6. The maximum Gasteiger partial charge on any atom is 0.335 e. The Hall–Kier alpha value is -3.60. The number of carboxylic acids is 1. The normalized spacial score (nSPS) is 10.8. The van der Waals surface area contributed by atoms with Gasteiger partial charge in [0.2, 0.25) is 0 Å². The van der Waals surface area contributed by atoms with E-state index in [0.29, 0.717) is 11.4 Å². The SMILES string of the molecule is COc1ccc(C=Cc2ccc(N)cc2)cc1-c1cc(C(=O)O)ccn1. The van der Waals surface area contributed by atoms with E-state index in [9.17, 15) is 9.90 Å². The summed E-state index contributed by atoms with van der Waals surface area (Å²) < 4.78 is 5.41. The van der Waals surface area contributed by atoms with E-state index >= 15 is 0 Å². The summed E-state index contributed by atoms with van der Waals surface area (Å²) in [5, 5.41) is 9.19. The number of nitrogen functional groups attached to an aromatic ring is 1. The second-order valence-corrected chi connectivity index (χ2v) is 5.69. The Kier molecular flexibility index (Phi) is 4.99. The van der Waals surface area contributed by atoms with Crippen LogP contribution in [0.2, 0.25) is 0 Å². The zero-order chi connectivity index (χ0) is 18.5. The average molecular weight is 346 g/mol. The molecule has 0 amide bonds. The van der Waals surface area contributed by atoms with E-state index in [1.165, 1.54) is 18.3 Å². The summed E-state index contributed by atoms with van der Waals surface area (Å²) in [5.74, 6) is -0.364. The number of rotatable bonds is 5. The van der Waals surface area contributed by atoms with E-state index in [4.69, 9.17) is 10.5 Å². The van der Waals surface area contributed by atoms with Gasteiger partial charge in [-0.1, -0.05) is 30.4 Å². The van der Waals surface area contributed by atoms with Gasteiger partial charge in [-0.3, -0.25) is 4.98 Å². The Labute approximate surface area is 151 Å². The molecule has 0 aliphatic carbocycles. The predicted octanol–water partition coefficient (Wildman–Crippen LogP) is 4.21.